The summed E-state index contributed by atoms with van der Waals surface area (Å²) in [6.45, 7) is 13.6. The third-order valence-corrected chi connectivity index (χ3v) is 6.89. The van der Waals surface area contributed by atoms with Crippen LogP contribution in [-0.2, 0) is 31.9 Å². The zero-order valence-electron chi connectivity index (χ0n) is 24.0. The van der Waals surface area contributed by atoms with Gasteiger partial charge in [-0.05, 0) is 57.2 Å². The molecule has 2 nitrogen and oxygen atoms in total. The largest absolute Gasteiger partial charge is 0.347 e. The van der Waals surface area contributed by atoms with Gasteiger partial charge in [0.1, 0.15) is 0 Å². The van der Waals surface area contributed by atoms with Crippen molar-refractivity contribution in [3.05, 3.63) is 133 Å². The van der Waals surface area contributed by atoms with Gasteiger partial charge in [-0.15, -0.1) is 42.0 Å². The molecule has 3 heteroatoms. The predicted octanol–water partition coefficient (Wildman–Crippen LogP) is 9.88. The molecule has 40 heavy (non-hydrogen) atoms. The van der Waals surface area contributed by atoms with Gasteiger partial charge in [0, 0.05) is 32.9 Å². The Morgan fingerprint density at radius 2 is 1.18 bits per heavy atom. The molecular weight excluding hydrogens is 667 g/mol. The molecule has 0 bridgehead atoms. The fourth-order valence-corrected chi connectivity index (χ4v) is 4.58. The van der Waals surface area contributed by atoms with Gasteiger partial charge in [-0.3, -0.25) is 0 Å². The average molecular weight is 703 g/mol. The van der Waals surface area contributed by atoms with Crippen LogP contribution in [0.2, 0.25) is 0 Å². The Kier molecular flexibility index (Phi) is 8.81. The summed E-state index contributed by atoms with van der Waals surface area (Å²) < 4.78 is 0. The Hall–Kier alpha value is -3.48. The molecule has 0 saturated carbocycles. The van der Waals surface area contributed by atoms with Crippen LogP contribution in [0.15, 0.2) is 103 Å². The number of benzene rings is 4. The summed E-state index contributed by atoms with van der Waals surface area (Å²) in [6.07, 6.45) is 1.82. The van der Waals surface area contributed by atoms with Crippen LogP contribution in [0.25, 0.3) is 22.4 Å². The van der Waals surface area contributed by atoms with Crippen LogP contribution in [0, 0.1) is 18.2 Å². The number of hydrogen-bond donors (Lipinski definition) is 0. The number of anilines is 3. The second kappa shape index (κ2) is 11.9. The first kappa shape index (κ1) is 29.5. The second-order valence-electron chi connectivity index (χ2n) is 12.0. The third-order valence-electron chi connectivity index (χ3n) is 6.89. The Bertz CT molecular complexity index is 1450. The number of rotatable bonds is 5. The maximum atomic E-state index is 4.58. The van der Waals surface area contributed by atoms with Crippen LogP contribution in [0.4, 0.5) is 17.1 Å². The standard InChI is InChI=1S/C37H35N2.Pt/c1-36(2,3)30-24-31(37(4,5)6)26-34(25-30)39(32-18-12-16-28(22-32)27-14-8-7-9-15-27)33-19-13-17-29(23-33)35-20-10-11-21-38-35;/h7-14,16-21,24-26H,1-6H3;/q-3;. The van der Waals surface area contributed by atoms with Gasteiger partial charge in [0.2, 0.25) is 0 Å². The van der Waals surface area contributed by atoms with E-state index < -0.39 is 0 Å². The summed E-state index contributed by atoms with van der Waals surface area (Å²) in [6, 6.07) is 44.3. The maximum absolute atomic E-state index is 4.58. The van der Waals surface area contributed by atoms with E-state index in [1.54, 1.807) is 0 Å². The van der Waals surface area contributed by atoms with Gasteiger partial charge in [-0.1, -0.05) is 59.7 Å². The minimum Gasteiger partial charge on any atom is -0.347 e. The van der Waals surface area contributed by atoms with Crippen molar-refractivity contribution in [2.75, 3.05) is 4.90 Å². The van der Waals surface area contributed by atoms with Gasteiger partial charge in [0.15, 0.2) is 0 Å². The van der Waals surface area contributed by atoms with E-state index in [2.05, 4.69) is 130 Å². The summed E-state index contributed by atoms with van der Waals surface area (Å²) in [5.41, 5.74) is 9.42. The topological polar surface area (TPSA) is 16.1 Å². The molecule has 1 aromatic heterocycles. The minimum atomic E-state index is -0.00817. The molecule has 0 fully saturated rings. The smallest absolute Gasteiger partial charge is 0.0433 e. The second-order valence-corrected chi connectivity index (χ2v) is 12.0. The van der Waals surface area contributed by atoms with E-state index in [0.29, 0.717) is 0 Å². The summed E-state index contributed by atoms with van der Waals surface area (Å²) >= 11 is 0. The van der Waals surface area contributed by atoms with E-state index in [9.17, 15) is 0 Å². The minimum absolute atomic E-state index is 0. The van der Waals surface area contributed by atoms with E-state index in [1.807, 2.05) is 42.6 Å². The molecule has 0 N–H and O–H groups in total. The zero-order chi connectivity index (χ0) is 27.6. The molecule has 0 radical (unpaired) electrons. The molecule has 5 aromatic rings. The van der Waals surface area contributed by atoms with Crippen LogP contribution >= 0.6 is 0 Å². The number of nitrogens with zero attached hydrogens (tertiary/aromatic N) is 2. The fraction of sp³-hybridized carbons (Fsp3) is 0.216. The molecule has 4 aromatic carbocycles. The monoisotopic (exact) mass is 702 g/mol. The van der Waals surface area contributed by atoms with Crippen molar-refractivity contribution >= 4 is 17.1 Å². The van der Waals surface area contributed by atoms with Crippen molar-refractivity contribution in [2.45, 2.75) is 52.4 Å². The van der Waals surface area contributed by atoms with E-state index in [-0.39, 0.29) is 31.9 Å². The first-order valence-corrected chi connectivity index (χ1v) is 13.5. The Labute approximate surface area is 254 Å². The van der Waals surface area contributed by atoms with Crippen molar-refractivity contribution in [3.63, 3.8) is 0 Å². The van der Waals surface area contributed by atoms with E-state index >= 15 is 0 Å². The van der Waals surface area contributed by atoms with Crippen molar-refractivity contribution in [3.8, 4) is 22.4 Å². The fourth-order valence-electron chi connectivity index (χ4n) is 4.58. The molecule has 0 amide bonds. The van der Waals surface area contributed by atoms with Gasteiger partial charge in [-0.2, -0.15) is 42.5 Å². The Morgan fingerprint density at radius 1 is 0.600 bits per heavy atom. The number of hydrogen-bond acceptors (Lipinski definition) is 2. The van der Waals surface area contributed by atoms with Crippen LogP contribution in [0.5, 0.6) is 0 Å². The summed E-state index contributed by atoms with van der Waals surface area (Å²) in [7, 11) is 0. The Balaban J connectivity index is 0.00000370. The van der Waals surface area contributed by atoms with Crippen molar-refractivity contribution in [1.29, 1.82) is 0 Å². The predicted molar refractivity (Wildman–Crippen MR) is 164 cm³/mol. The molecule has 5 rings (SSSR count). The summed E-state index contributed by atoms with van der Waals surface area (Å²) in [5.74, 6) is 0. The molecule has 1 heterocycles. The molecule has 0 aliphatic carbocycles. The molecule has 0 spiro atoms. The van der Waals surface area contributed by atoms with Crippen molar-refractivity contribution in [1.82, 2.24) is 4.98 Å². The maximum Gasteiger partial charge on any atom is 0.0433 e. The number of aromatic nitrogens is 1. The van der Waals surface area contributed by atoms with Crippen molar-refractivity contribution < 1.29 is 21.1 Å². The van der Waals surface area contributed by atoms with E-state index in [4.69, 9.17) is 0 Å². The molecule has 0 unspecified atom stereocenters. The van der Waals surface area contributed by atoms with Crippen LogP contribution in [-0.4, -0.2) is 4.98 Å². The zero-order valence-corrected chi connectivity index (χ0v) is 26.3. The SMILES string of the molecule is CC(C)(C)c1cc(N(c2[c-]c(-c3[c-]cccc3)ccc2)c2[c-]c(-c3ccccn3)ccc2)cc(C(C)(C)C)c1.[Pt]. The van der Waals surface area contributed by atoms with Crippen molar-refractivity contribution in [2.24, 2.45) is 0 Å². The van der Waals surface area contributed by atoms with Gasteiger partial charge in [0.25, 0.3) is 0 Å². The van der Waals surface area contributed by atoms with Crippen LogP contribution in [0.1, 0.15) is 52.7 Å². The molecule has 0 aliphatic heterocycles. The Morgan fingerprint density at radius 3 is 1.73 bits per heavy atom. The molecule has 206 valence electrons. The van der Waals surface area contributed by atoms with E-state index in [0.717, 1.165) is 39.4 Å². The normalized spacial score (nSPS) is 11.6. The average Bonchev–Trinajstić information content (AvgIpc) is 2.93. The quantitative estimate of drug-likeness (QED) is 0.170. The van der Waals surface area contributed by atoms with Crippen LogP contribution < -0.4 is 4.90 Å². The third kappa shape index (κ3) is 6.62. The van der Waals surface area contributed by atoms with Gasteiger partial charge in [0.05, 0.1) is 0 Å². The van der Waals surface area contributed by atoms with Gasteiger partial charge >= 0.3 is 0 Å². The first-order chi connectivity index (χ1) is 18.6. The van der Waals surface area contributed by atoms with Crippen LogP contribution in [0.3, 0.4) is 0 Å². The molecular formula is C37H35N2Pt-3. The van der Waals surface area contributed by atoms with E-state index in [1.165, 1.54) is 11.1 Å². The summed E-state index contributed by atoms with van der Waals surface area (Å²) in [4.78, 5) is 6.85. The first-order valence-electron chi connectivity index (χ1n) is 13.5. The molecule has 0 aliphatic rings. The molecule has 0 atom stereocenters. The number of pyridine rings is 1. The molecule has 0 saturated heterocycles. The summed E-state index contributed by atoms with van der Waals surface area (Å²) in [5, 5.41) is 0. The van der Waals surface area contributed by atoms with Gasteiger partial charge < -0.3 is 9.88 Å². The van der Waals surface area contributed by atoms with Gasteiger partial charge in [-0.25, -0.2) is 11.1 Å².